The number of amides is 1. The Balaban J connectivity index is 1.53. The van der Waals surface area contributed by atoms with Crippen LogP contribution in [-0.2, 0) is 0 Å². The maximum Gasteiger partial charge on any atom is 0.272 e. The first-order valence-electron chi connectivity index (χ1n) is 9.52. The van der Waals surface area contributed by atoms with E-state index in [0.29, 0.717) is 24.7 Å². The van der Waals surface area contributed by atoms with Crippen LogP contribution in [0.15, 0.2) is 42.6 Å². The Labute approximate surface area is 166 Å². The fourth-order valence-corrected chi connectivity index (χ4v) is 3.32. The van der Waals surface area contributed by atoms with Gasteiger partial charge in [-0.1, -0.05) is 31.5 Å². The van der Waals surface area contributed by atoms with Crippen molar-refractivity contribution < 1.29 is 4.79 Å². The van der Waals surface area contributed by atoms with Crippen molar-refractivity contribution in [3.05, 3.63) is 53.3 Å². The molecule has 144 valence electrons. The fourth-order valence-electron chi connectivity index (χ4n) is 3.13. The molecule has 6 heteroatoms. The van der Waals surface area contributed by atoms with E-state index >= 15 is 0 Å². The molecule has 1 fully saturated rings. The van der Waals surface area contributed by atoms with Gasteiger partial charge in [0.1, 0.15) is 5.69 Å². The maximum absolute atomic E-state index is 12.7. The number of carbonyl (C=O) groups is 1. The molecule has 0 unspecified atom stereocenters. The first-order chi connectivity index (χ1) is 13.0. The Morgan fingerprint density at radius 3 is 2.59 bits per heavy atom. The van der Waals surface area contributed by atoms with Crippen molar-refractivity contribution in [2.75, 3.05) is 42.9 Å². The number of carbonyl (C=O) groups excluding carboxylic acids is 1. The van der Waals surface area contributed by atoms with Crippen molar-refractivity contribution in [3.63, 3.8) is 0 Å². The number of benzene rings is 1. The molecule has 1 amide bonds. The molecule has 1 aromatic heterocycles. The van der Waals surface area contributed by atoms with Crippen LogP contribution in [0.25, 0.3) is 0 Å². The average molecular weight is 387 g/mol. The van der Waals surface area contributed by atoms with Crippen molar-refractivity contribution >= 4 is 28.9 Å². The third-order valence-electron chi connectivity index (χ3n) is 4.77. The van der Waals surface area contributed by atoms with Crippen LogP contribution in [0.3, 0.4) is 0 Å². The monoisotopic (exact) mass is 386 g/mol. The molecule has 0 spiro atoms. The molecule has 3 rings (SSSR count). The zero-order valence-corrected chi connectivity index (χ0v) is 16.7. The zero-order chi connectivity index (χ0) is 19.2. The van der Waals surface area contributed by atoms with Crippen LogP contribution in [0.1, 0.15) is 30.8 Å². The highest BCUT2D eigenvalue weighted by molar-refractivity contribution is 6.30. The standard InChI is InChI=1S/C21H27ClN4O/c1-16(2)8-9-23-18-6-7-20(24-15-18)21(27)26-12-10-25(11-13-26)19-5-3-4-17(22)14-19/h3-7,14-16,23H,8-13H2,1-2H3. The second-order valence-electron chi connectivity index (χ2n) is 7.30. The summed E-state index contributed by atoms with van der Waals surface area (Å²) < 4.78 is 0. The van der Waals surface area contributed by atoms with E-state index in [4.69, 9.17) is 11.6 Å². The molecule has 0 atom stereocenters. The largest absolute Gasteiger partial charge is 0.384 e. The summed E-state index contributed by atoms with van der Waals surface area (Å²) >= 11 is 6.08. The number of hydrogen-bond donors (Lipinski definition) is 1. The molecular formula is C21H27ClN4O. The van der Waals surface area contributed by atoms with Gasteiger partial charge in [-0.05, 0) is 42.7 Å². The van der Waals surface area contributed by atoms with E-state index in [9.17, 15) is 4.79 Å². The number of piperazine rings is 1. The van der Waals surface area contributed by atoms with Gasteiger partial charge in [0.25, 0.3) is 5.91 Å². The lowest BCUT2D eigenvalue weighted by atomic mass is 10.1. The van der Waals surface area contributed by atoms with E-state index in [0.717, 1.165) is 42.5 Å². The average Bonchev–Trinajstić information content (AvgIpc) is 2.68. The lowest BCUT2D eigenvalue weighted by molar-refractivity contribution is 0.0741. The minimum Gasteiger partial charge on any atom is -0.384 e. The van der Waals surface area contributed by atoms with E-state index in [1.54, 1.807) is 6.20 Å². The third kappa shape index (κ3) is 5.36. The summed E-state index contributed by atoms with van der Waals surface area (Å²) in [7, 11) is 0. The molecular weight excluding hydrogens is 360 g/mol. The van der Waals surface area contributed by atoms with E-state index in [1.165, 1.54) is 0 Å². The normalized spacial score (nSPS) is 14.5. The van der Waals surface area contributed by atoms with Crippen molar-refractivity contribution in [1.82, 2.24) is 9.88 Å². The van der Waals surface area contributed by atoms with Gasteiger partial charge in [0.05, 0.1) is 11.9 Å². The summed E-state index contributed by atoms with van der Waals surface area (Å²) in [5.41, 5.74) is 2.56. The van der Waals surface area contributed by atoms with Crippen LogP contribution in [-0.4, -0.2) is 48.5 Å². The highest BCUT2D eigenvalue weighted by atomic mass is 35.5. The minimum atomic E-state index is -0.00512. The first kappa shape index (κ1) is 19.5. The SMILES string of the molecule is CC(C)CCNc1ccc(C(=O)N2CCN(c3cccc(Cl)c3)CC2)nc1. The van der Waals surface area contributed by atoms with E-state index in [1.807, 2.05) is 35.2 Å². The molecule has 0 saturated carbocycles. The summed E-state index contributed by atoms with van der Waals surface area (Å²) in [6.07, 6.45) is 2.85. The summed E-state index contributed by atoms with van der Waals surface area (Å²) in [5.74, 6) is 0.659. The molecule has 1 saturated heterocycles. The van der Waals surface area contributed by atoms with Gasteiger partial charge in [0, 0.05) is 43.4 Å². The molecule has 2 heterocycles. The zero-order valence-electron chi connectivity index (χ0n) is 16.0. The topological polar surface area (TPSA) is 48.5 Å². The number of nitrogens with zero attached hydrogens (tertiary/aromatic N) is 3. The maximum atomic E-state index is 12.7. The van der Waals surface area contributed by atoms with Crippen molar-refractivity contribution in [2.24, 2.45) is 5.92 Å². The molecule has 0 aliphatic carbocycles. The molecule has 1 N–H and O–H groups in total. The number of aromatic nitrogens is 1. The Kier molecular flexibility index (Phi) is 6.56. The highest BCUT2D eigenvalue weighted by Gasteiger charge is 2.23. The van der Waals surface area contributed by atoms with Gasteiger partial charge >= 0.3 is 0 Å². The fraction of sp³-hybridized carbons (Fsp3) is 0.429. The van der Waals surface area contributed by atoms with E-state index in [2.05, 4.69) is 35.1 Å². The summed E-state index contributed by atoms with van der Waals surface area (Å²) in [6.45, 7) is 8.27. The van der Waals surface area contributed by atoms with Gasteiger partial charge in [0.2, 0.25) is 0 Å². The van der Waals surface area contributed by atoms with Crippen molar-refractivity contribution in [3.8, 4) is 0 Å². The number of halogens is 1. The van der Waals surface area contributed by atoms with Gasteiger partial charge in [-0.3, -0.25) is 4.79 Å². The quantitative estimate of drug-likeness (QED) is 0.809. The molecule has 5 nitrogen and oxygen atoms in total. The van der Waals surface area contributed by atoms with Gasteiger partial charge in [-0.2, -0.15) is 0 Å². The molecule has 1 aliphatic rings. The summed E-state index contributed by atoms with van der Waals surface area (Å²) in [6, 6.07) is 11.6. The van der Waals surface area contributed by atoms with Crippen LogP contribution in [0.2, 0.25) is 5.02 Å². The smallest absolute Gasteiger partial charge is 0.272 e. The predicted octanol–water partition coefficient (Wildman–Crippen LogP) is 4.16. The van der Waals surface area contributed by atoms with Crippen LogP contribution >= 0.6 is 11.6 Å². The number of rotatable bonds is 6. The molecule has 1 aliphatic heterocycles. The number of hydrogen-bond acceptors (Lipinski definition) is 4. The minimum absolute atomic E-state index is 0.00512. The second kappa shape index (κ2) is 9.09. The Morgan fingerprint density at radius 1 is 1.19 bits per heavy atom. The predicted molar refractivity (Wildman–Crippen MR) is 112 cm³/mol. The molecule has 0 radical (unpaired) electrons. The van der Waals surface area contributed by atoms with Gasteiger partial charge < -0.3 is 15.1 Å². The van der Waals surface area contributed by atoms with Gasteiger partial charge in [0.15, 0.2) is 0 Å². The van der Waals surface area contributed by atoms with Gasteiger partial charge in [-0.15, -0.1) is 0 Å². The van der Waals surface area contributed by atoms with E-state index < -0.39 is 0 Å². The van der Waals surface area contributed by atoms with Crippen LogP contribution < -0.4 is 10.2 Å². The number of anilines is 2. The van der Waals surface area contributed by atoms with Crippen LogP contribution in [0, 0.1) is 5.92 Å². The third-order valence-corrected chi connectivity index (χ3v) is 5.01. The molecule has 27 heavy (non-hydrogen) atoms. The van der Waals surface area contributed by atoms with Crippen LogP contribution in [0.5, 0.6) is 0 Å². The summed E-state index contributed by atoms with van der Waals surface area (Å²) in [5, 5.41) is 4.08. The second-order valence-corrected chi connectivity index (χ2v) is 7.74. The van der Waals surface area contributed by atoms with E-state index in [-0.39, 0.29) is 5.91 Å². The molecule has 0 bridgehead atoms. The number of nitrogens with one attached hydrogen (secondary N) is 1. The molecule has 1 aromatic carbocycles. The molecule has 2 aromatic rings. The number of pyridine rings is 1. The lowest BCUT2D eigenvalue weighted by Gasteiger charge is -2.36. The Hall–Kier alpha value is -2.27. The first-order valence-corrected chi connectivity index (χ1v) is 9.90. The van der Waals surface area contributed by atoms with Crippen LogP contribution in [0.4, 0.5) is 11.4 Å². The van der Waals surface area contributed by atoms with Gasteiger partial charge in [-0.25, -0.2) is 4.98 Å². The lowest BCUT2D eigenvalue weighted by Crippen LogP contribution is -2.49. The van der Waals surface area contributed by atoms with Crippen molar-refractivity contribution in [2.45, 2.75) is 20.3 Å². The Bertz CT molecular complexity index is 755. The highest BCUT2D eigenvalue weighted by Crippen LogP contribution is 2.21. The Morgan fingerprint density at radius 2 is 1.96 bits per heavy atom. The summed E-state index contributed by atoms with van der Waals surface area (Å²) in [4.78, 5) is 21.2. The van der Waals surface area contributed by atoms with Crippen molar-refractivity contribution in [1.29, 1.82) is 0 Å².